The van der Waals surface area contributed by atoms with E-state index < -0.39 is 0 Å². The highest BCUT2D eigenvalue weighted by atomic mass is 15.4. The number of para-hydroxylation sites is 2. The van der Waals surface area contributed by atoms with Crippen molar-refractivity contribution in [3.05, 3.63) is 96.6 Å². The smallest absolute Gasteiger partial charge is 0.117 e. The Labute approximate surface area is 197 Å². The van der Waals surface area contributed by atoms with Gasteiger partial charge in [-0.15, -0.1) is 0 Å². The maximum Gasteiger partial charge on any atom is 0.117 e. The van der Waals surface area contributed by atoms with E-state index in [9.17, 15) is 0 Å². The van der Waals surface area contributed by atoms with Crippen LogP contribution < -0.4 is 9.80 Å². The van der Waals surface area contributed by atoms with Crippen LogP contribution in [0.5, 0.6) is 0 Å². The molecule has 3 unspecified atom stereocenters. The van der Waals surface area contributed by atoms with Gasteiger partial charge in [-0.25, -0.2) is 0 Å². The van der Waals surface area contributed by atoms with Gasteiger partial charge < -0.3 is 9.80 Å². The molecule has 0 aliphatic carbocycles. The Hall–Kier alpha value is -3.26. The summed E-state index contributed by atoms with van der Waals surface area (Å²) in [4.78, 5) is 5.26. The van der Waals surface area contributed by atoms with Gasteiger partial charge in [0.25, 0.3) is 0 Å². The Balaban J connectivity index is 1.73. The molecule has 0 spiro atoms. The lowest BCUT2D eigenvalue weighted by atomic mass is 9.55. The zero-order valence-corrected chi connectivity index (χ0v) is 20.0. The molecular formula is C31H32N2. The van der Waals surface area contributed by atoms with E-state index in [-0.39, 0.29) is 17.0 Å². The van der Waals surface area contributed by atoms with Crippen molar-refractivity contribution in [3.8, 4) is 0 Å². The lowest BCUT2D eigenvalue weighted by molar-refractivity contribution is 0.0967. The van der Waals surface area contributed by atoms with E-state index in [1.807, 2.05) is 0 Å². The minimum atomic E-state index is 0.0388. The van der Waals surface area contributed by atoms with Crippen LogP contribution in [0.25, 0.3) is 10.8 Å². The predicted octanol–water partition coefficient (Wildman–Crippen LogP) is 8.55. The molecule has 166 valence electrons. The minimum absolute atomic E-state index is 0.0388. The second-order valence-electron chi connectivity index (χ2n) is 10.1. The third kappa shape index (κ3) is 2.55. The van der Waals surface area contributed by atoms with Crippen LogP contribution in [0.15, 0.2) is 91.0 Å². The first-order chi connectivity index (χ1) is 16.0. The normalized spacial score (nSPS) is 25.6. The van der Waals surface area contributed by atoms with Crippen molar-refractivity contribution in [3.63, 3.8) is 0 Å². The Morgan fingerprint density at radius 1 is 0.636 bits per heavy atom. The zero-order chi connectivity index (χ0) is 22.8. The van der Waals surface area contributed by atoms with E-state index in [1.165, 1.54) is 39.1 Å². The fourth-order valence-electron chi connectivity index (χ4n) is 6.59. The number of hydrogen-bond acceptors (Lipinski definition) is 2. The van der Waals surface area contributed by atoms with Gasteiger partial charge in [0.15, 0.2) is 0 Å². The summed E-state index contributed by atoms with van der Waals surface area (Å²) in [5.41, 5.74) is 6.81. The third-order valence-electron chi connectivity index (χ3n) is 8.92. The first-order valence-electron chi connectivity index (χ1n) is 12.3. The number of anilines is 4. The summed E-state index contributed by atoms with van der Waals surface area (Å²) < 4.78 is 0. The van der Waals surface area contributed by atoms with E-state index in [4.69, 9.17) is 0 Å². The first-order valence-corrected chi connectivity index (χ1v) is 12.3. The van der Waals surface area contributed by atoms with Crippen molar-refractivity contribution in [1.29, 1.82) is 0 Å². The maximum absolute atomic E-state index is 2.64. The molecule has 33 heavy (non-hydrogen) atoms. The lowest BCUT2D eigenvalue weighted by Gasteiger charge is -2.59. The highest BCUT2D eigenvalue weighted by molar-refractivity contribution is 5.99. The molecule has 2 aliphatic heterocycles. The van der Waals surface area contributed by atoms with Crippen LogP contribution in [0, 0.1) is 5.41 Å². The van der Waals surface area contributed by atoms with Gasteiger partial charge in [0.05, 0.1) is 11.4 Å². The van der Waals surface area contributed by atoms with Gasteiger partial charge in [-0.1, -0.05) is 88.4 Å². The van der Waals surface area contributed by atoms with Crippen LogP contribution in [-0.2, 0) is 5.41 Å². The number of benzene rings is 4. The summed E-state index contributed by atoms with van der Waals surface area (Å²) in [6, 6.07) is 33.7. The van der Waals surface area contributed by atoms with Gasteiger partial charge >= 0.3 is 0 Å². The van der Waals surface area contributed by atoms with Gasteiger partial charge in [-0.3, -0.25) is 0 Å². The largest absolute Gasteiger partial charge is 0.318 e. The number of nitrogens with zero attached hydrogens (tertiary/aromatic N) is 2. The van der Waals surface area contributed by atoms with E-state index in [0.717, 1.165) is 12.8 Å². The van der Waals surface area contributed by atoms with Crippen LogP contribution >= 0.6 is 0 Å². The topological polar surface area (TPSA) is 6.48 Å². The van der Waals surface area contributed by atoms with E-state index in [2.05, 4.69) is 128 Å². The molecule has 0 N–H and O–H groups in total. The van der Waals surface area contributed by atoms with Crippen molar-refractivity contribution in [2.45, 2.75) is 52.1 Å². The molecule has 2 nitrogen and oxygen atoms in total. The van der Waals surface area contributed by atoms with Crippen molar-refractivity contribution < 1.29 is 0 Å². The summed E-state index contributed by atoms with van der Waals surface area (Å²) in [6.45, 7) is 9.76. The molecule has 4 aromatic carbocycles. The second-order valence-corrected chi connectivity index (χ2v) is 10.1. The van der Waals surface area contributed by atoms with E-state index in [0.29, 0.717) is 0 Å². The Kier molecular flexibility index (Phi) is 4.39. The fraction of sp³-hybridized carbons (Fsp3) is 0.290. The average molecular weight is 433 g/mol. The summed E-state index contributed by atoms with van der Waals surface area (Å²) in [5, 5.41) is 2.59. The number of fused-ring (bicyclic) bond motifs is 6. The second kappa shape index (κ2) is 7.12. The van der Waals surface area contributed by atoms with Gasteiger partial charge in [0.2, 0.25) is 0 Å². The van der Waals surface area contributed by atoms with Gasteiger partial charge in [-0.2, -0.15) is 0 Å². The van der Waals surface area contributed by atoms with Crippen LogP contribution in [0.3, 0.4) is 0 Å². The highest BCUT2D eigenvalue weighted by Crippen LogP contribution is 2.64. The molecular weight excluding hydrogens is 400 g/mol. The molecule has 0 fully saturated rings. The van der Waals surface area contributed by atoms with Crippen LogP contribution in [0.1, 0.15) is 46.1 Å². The SMILES string of the molecule is CCC1(C)c2ccccc2N2c3cc4ccccc4cc3N(c3ccccc3)C2C1(C)CC. The summed E-state index contributed by atoms with van der Waals surface area (Å²) >= 11 is 0. The monoisotopic (exact) mass is 432 g/mol. The van der Waals surface area contributed by atoms with Gasteiger partial charge in [0.1, 0.15) is 6.17 Å². The van der Waals surface area contributed by atoms with Crippen molar-refractivity contribution in [2.75, 3.05) is 9.80 Å². The Morgan fingerprint density at radius 2 is 1.21 bits per heavy atom. The molecule has 2 heterocycles. The van der Waals surface area contributed by atoms with E-state index in [1.54, 1.807) is 0 Å². The molecule has 4 aromatic rings. The molecule has 6 rings (SSSR count). The fourth-order valence-corrected chi connectivity index (χ4v) is 6.59. The summed E-state index contributed by atoms with van der Waals surface area (Å²) in [7, 11) is 0. The lowest BCUT2D eigenvalue weighted by Crippen LogP contribution is -2.62. The van der Waals surface area contributed by atoms with Crippen LogP contribution in [-0.4, -0.2) is 6.17 Å². The van der Waals surface area contributed by atoms with Crippen LogP contribution in [0.2, 0.25) is 0 Å². The molecule has 0 bridgehead atoms. The zero-order valence-electron chi connectivity index (χ0n) is 20.0. The molecule has 0 radical (unpaired) electrons. The third-order valence-corrected chi connectivity index (χ3v) is 8.92. The van der Waals surface area contributed by atoms with Crippen LogP contribution in [0.4, 0.5) is 22.7 Å². The molecule has 0 aromatic heterocycles. The van der Waals surface area contributed by atoms with Crippen molar-refractivity contribution in [1.82, 2.24) is 0 Å². The minimum Gasteiger partial charge on any atom is -0.318 e. The van der Waals surface area contributed by atoms with Crippen molar-refractivity contribution in [2.24, 2.45) is 5.41 Å². The van der Waals surface area contributed by atoms with E-state index >= 15 is 0 Å². The Bertz CT molecular complexity index is 1340. The maximum atomic E-state index is 2.64. The van der Waals surface area contributed by atoms with Gasteiger partial charge in [0, 0.05) is 22.2 Å². The Morgan fingerprint density at radius 3 is 1.85 bits per heavy atom. The quantitative estimate of drug-likeness (QED) is 0.320. The summed E-state index contributed by atoms with van der Waals surface area (Å²) in [6.07, 6.45) is 2.42. The molecule has 2 aliphatic rings. The number of hydrogen-bond donors (Lipinski definition) is 0. The molecule has 3 atom stereocenters. The molecule has 0 saturated carbocycles. The molecule has 0 saturated heterocycles. The molecule has 0 amide bonds. The van der Waals surface area contributed by atoms with Gasteiger partial charge in [-0.05, 0) is 59.5 Å². The average Bonchev–Trinajstić information content (AvgIpc) is 3.21. The molecule has 2 heteroatoms. The van der Waals surface area contributed by atoms with Crippen molar-refractivity contribution >= 4 is 33.5 Å². The highest BCUT2D eigenvalue weighted by Gasteiger charge is 2.60. The number of rotatable bonds is 3. The predicted molar refractivity (Wildman–Crippen MR) is 141 cm³/mol. The standard InChI is InChI=1S/C31H32N2/c1-5-30(3)25-18-12-13-19-26(25)33-28-21-23-15-11-10-14-22(23)20-27(28)32(24-16-8-7-9-17-24)29(33)31(30,4)6-2/h7-21,29H,5-6H2,1-4H3. The first kappa shape index (κ1) is 20.4. The summed E-state index contributed by atoms with van der Waals surface area (Å²) in [5.74, 6) is 0.